The number of Topliss-reactive ketones (excluding diaryl/α,β-unsaturated/α-hetero) is 1. The molecule has 6 nitrogen and oxygen atoms in total. The van der Waals surface area contributed by atoms with E-state index in [9.17, 15) is 14.4 Å². The fourth-order valence-electron chi connectivity index (χ4n) is 2.46. The first kappa shape index (κ1) is 17.5. The van der Waals surface area contributed by atoms with E-state index in [4.69, 9.17) is 9.47 Å². The highest BCUT2D eigenvalue weighted by molar-refractivity contribution is 6.04. The van der Waals surface area contributed by atoms with Crippen molar-refractivity contribution in [2.45, 2.75) is 26.9 Å². The largest absolute Gasteiger partial charge is 0.465 e. The second kappa shape index (κ2) is 7.12. The molecule has 1 heterocycles. The summed E-state index contributed by atoms with van der Waals surface area (Å²) in [5.74, 6) is -1.50. The molecule has 0 radical (unpaired) electrons. The first-order valence-corrected chi connectivity index (χ1v) is 7.44. The Morgan fingerprint density at radius 1 is 1.04 bits per heavy atom. The van der Waals surface area contributed by atoms with Crippen molar-refractivity contribution >= 4 is 17.7 Å². The van der Waals surface area contributed by atoms with Gasteiger partial charge < -0.3 is 14.5 Å². The van der Waals surface area contributed by atoms with Gasteiger partial charge in [0, 0.05) is 5.69 Å². The van der Waals surface area contributed by atoms with Crippen LogP contribution in [0.25, 0.3) is 0 Å². The van der Waals surface area contributed by atoms with E-state index in [0.29, 0.717) is 22.4 Å². The number of carbonyl (C=O) groups is 3. The van der Waals surface area contributed by atoms with Crippen molar-refractivity contribution in [1.29, 1.82) is 0 Å². The molecule has 0 amide bonds. The van der Waals surface area contributed by atoms with Gasteiger partial charge in [0.15, 0.2) is 6.10 Å². The first-order chi connectivity index (χ1) is 11.4. The van der Waals surface area contributed by atoms with Crippen LogP contribution in [-0.2, 0) is 9.47 Å². The number of H-pyrrole nitrogens is 1. The summed E-state index contributed by atoms with van der Waals surface area (Å²) in [4.78, 5) is 39.3. The molecule has 126 valence electrons. The van der Waals surface area contributed by atoms with E-state index < -0.39 is 23.8 Å². The van der Waals surface area contributed by atoms with Crippen molar-refractivity contribution in [2.75, 3.05) is 7.11 Å². The fraction of sp³-hybridized carbons (Fsp3) is 0.278. The number of esters is 2. The van der Waals surface area contributed by atoms with E-state index >= 15 is 0 Å². The highest BCUT2D eigenvalue weighted by atomic mass is 16.5. The summed E-state index contributed by atoms with van der Waals surface area (Å²) in [5, 5.41) is 0. The monoisotopic (exact) mass is 329 g/mol. The highest BCUT2D eigenvalue weighted by Crippen LogP contribution is 2.21. The Morgan fingerprint density at radius 2 is 1.67 bits per heavy atom. The third kappa shape index (κ3) is 3.37. The molecule has 0 aliphatic rings. The standard InChI is InChI=1S/C18H19NO5/c1-10-14(18(22)23-4)11(2)19-15(10)16(20)12(3)24-17(21)13-8-6-5-7-9-13/h5-9,12,19H,1-4H3/t12-/m0/s1. The SMILES string of the molecule is COC(=O)c1c(C)[nH]c(C(=O)[C@H](C)OC(=O)c2ccccc2)c1C. The minimum Gasteiger partial charge on any atom is -0.465 e. The van der Waals surface area contributed by atoms with E-state index in [2.05, 4.69) is 4.98 Å². The van der Waals surface area contributed by atoms with Crippen molar-refractivity contribution in [2.24, 2.45) is 0 Å². The predicted molar refractivity (Wildman–Crippen MR) is 87.3 cm³/mol. The molecule has 1 aromatic heterocycles. The Hall–Kier alpha value is -2.89. The van der Waals surface area contributed by atoms with Gasteiger partial charge >= 0.3 is 11.9 Å². The number of carbonyl (C=O) groups excluding carboxylic acids is 3. The van der Waals surface area contributed by atoms with Crippen LogP contribution in [0.2, 0.25) is 0 Å². The molecule has 1 N–H and O–H groups in total. The summed E-state index contributed by atoms with van der Waals surface area (Å²) in [6.07, 6.45) is -0.986. The topological polar surface area (TPSA) is 85.5 Å². The molecule has 2 aromatic rings. The van der Waals surface area contributed by atoms with Crippen molar-refractivity contribution < 1.29 is 23.9 Å². The summed E-state index contributed by atoms with van der Waals surface area (Å²) in [6, 6.07) is 8.43. The second-order valence-electron chi connectivity index (χ2n) is 5.39. The lowest BCUT2D eigenvalue weighted by Gasteiger charge is -2.12. The van der Waals surface area contributed by atoms with Crippen LogP contribution in [0, 0.1) is 13.8 Å². The van der Waals surface area contributed by atoms with Gasteiger partial charge in [-0.05, 0) is 38.5 Å². The molecule has 0 bridgehead atoms. The van der Waals surface area contributed by atoms with E-state index in [-0.39, 0.29) is 5.69 Å². The molecule has 1 aromatic carbocycles. The van der Waals surface area contributed by atoms with E-state index in [1.54, 1.807) is 44.2 Å². The van der Waals surface area contributed by atoms with Crippen molar-refractivity contribution in [3.05, 3.63) is 58.4 Å². The quantitative estimate of drug-likeness (QED) is 0.673. The number of nitrogens with one attached hydrogen (secondary N) is 1. The van der Waals surface area contributed by atoms with Crippen LogP contribution in [-0.4, -0.2) is 35.9 Å². The summed E-state index contributed by atoms with van der Waals surface area (Å²) < 4.78 is 9.94. The number of rotatable bonds is 5. The summed E-state index contributed by atoms with van der Waals surface area (Å²) >= 11 is 0. The number of ether oxygens (including phenoxy) is 2. The molecule has 6 heteroatoms. The van der Waals surface area contributed by atoms with Crippen LogP contribution < -0.4 is 0 Å². The third-order valence-corrected chi connectivity index (χ3v) is 3.74. The number of ketones is 1. The van der Waals surface area contributed by atoms with E-state index in [1.807, 2.05) is 0 Å². The summed E-state index contributed by atoms with van der Waals surface area (Å²) in [6.45, 7) is 4.82. The van der Waals surface area contributed by atoms with Gasteiger partial charge in [-0.1, -0.05) is 18.2 Å². The van der Waals surface area contributed by atoms with E-state index in [1.165, 1.54) is 14.0 Å². The van der Waals surface area contributed by atoms with E-state index in [0.717, 1.165) is 0 Å². The lowest BCUT2D eigenvalue weighted by Crippen LogP contribution is -2.25. The van der Waals surface area contributed by atoms with Gasteiger partial charge in [-0.3, -0.25) is 4.79 Å². The zero-order chi connectivity index (χ0) is 17.9. The maximum atomic E-state index is 12.5. The zero-order valence-corrected chi connectivity index (χ0v) is 14.0. The summed E-state index contributed by atoms with van der Waals surface area (Å²) in [7, 11) is 1.28. The summed E-state index contributed by atoms with van der Waals surface area (Å²) in [5.41, 5.74) is 1.94. The van der Waals surface area contributed by atoms with Crippen LogP contribution in [0.5, 0.6) is 0 Å². The number of aromatic amines is 1. The first-order valence-electron chi connectivity index (χ1n) is 7.44. The number of hydrogen-bond donors (Lipinski definition) is 1. The predicted octanol–water partition coefficient (Wildman–Crippen LogP) is 2.85. The van der Waals surface area contributed by atoms with Gasteiger partial charge in [0.2, 0.25) is 5.78 Å². The molecule has 1 atom stereocenters. The highest BCUT2D eigenvalue weighted by Gasteiger charge is 2.27. The van der Waals surface area contributed by atoms with Gasteiger partial charge in [-0.15, -0.1) is 0 Å². The molecule has 0 saturated carbocycles. The van der Waals surface area contributed by atoms with Crippen LogP contribution in [0.4, 0.5) is 0 Å². The fourth-order valence-corrected chi connectivity index (χ4v) is 2.46. The second-order valence-corrected chi connectivity index (χ2v) is 5.39. The molecule has 0 aliphatic heterocycles. The van der Waals surface area contributed by atoms with Crippen LogP contribution in [0.1, 0.15) is 49.4 Å². The van der Waals surface area contributed by atoms with Gasteiger partial charge in [0.25, 0.3) is 0 Å². The Kier molecular flexibility index (Phi) is 5.18. The lowest BCUT2D eigenvalue weighted by molar-refractivity contribution is 0.0316. The molecule has 0 fully saturated rings. The number of aromatic nitrogens is 1. The van der Waals surface area contributed by atoms with Crippen molar-refractivity contribution in [1.82, 2.24) is 4.98 Å². The van der Waals surface area contributed by atoms with Crippen LogP contribution >= 0.6 is 0 Å². The maximum Gasteiger partial charge on any atom is 0.339 e. The third-order valence-electron chi connectivity index (χ3n) is 3.74. The number of hydrogen-bond acceptors (Lipinski definition) is 5. The number of methoxy groups -OCH3 is 1. The lowest BCUT2D eigenvalue weighted by atomic mass is 10.1. The van der Waals surface area contributed by atoms with Gasteiger partial charge in [-0.2, -0.15) is 0 Å². The Labute approximate surface area is 139 Å². The minimum absolute atomic E-state index is 0.237. The van der Waals surface area contributed by atoms with Crippen LogP contribution in [0.3, 0.4) is 0 Å². The van der Waals surface area contributed by atoms with Gasteiger partial charge in [0.05, 0.1) is 23.9 Å². The zero-order valence-electron chi connectivity index (χ0n) is 14.0. The molecule has 0 spiro atoms. The maximum absolute atomic E-state index is 12.5. The molecule has 0 saturated heterocycles. The average molecular weight is 329 g/mol. The Bertz CT molecular complexity index is 776. The average Bonchev–Trinajstić information content (AvgIpc) is 2.88. The van der Waals surface area contributed by atoms with Crippen molar-refractivity contribution in [3.63, 3.8) is 0 Å². The van der Waals surface area contributed by atoms with Gasteiger partial charge in [0.1, 0.15) is 0 Å². The molecular weight excluding hydrogens is 310 g/mol. The van der Waals surface area contributed by atoms with Gasteiger partial charge in [-0.25, -0.2) is 9.59 Å². The van der Waals surface area contributed by atoms with Crippen molar-refractivity contribution in [3.8, 4) is 0 Å². The molecule has 24 heavy (non-hydrogen) atoms. The number of benzene rings is 1. The Balaban J connectivity index is 2.20. The molecule has 0 unspecified atom stereocenters. The molecule has 2 rings (SSSR count). The Morgan fingerprint density at radius 3 is 2.25 bits per heavy atom. The van der Waals surface area contributed by atoms with Crippen LogP contribution in [0.15, 0.2) is 30.3 Å². The molecular formula is C18H19NO5. The normalized spacial score (nSPS) is 11.7. The minimum atomic E-state index is -0.986. The smallest absolute Gasteiger partial charge is 0.339 e. The number of aryl methyl sites for hydroxylation is 1. The molecule has 0 aliphatic carbocycles.